The van der Waals surface area contributed by atoms with E-state index in [-0.39, 0.29) is 6.54 Å². The Labute approximate surface area is 123 Å². The SMILES string of the molecule is COC(=O)c1ccc(CNC(C)CC(F)(F)F)c(Br)c1. The van der Waals surface area contributed by atoms with E-state index in [9.17, 15) is 18.0 Å². The molecule has 0 amide bonds. The lowest BCUT2D eigenvalue weighted by molar-refractivity contribution is -0.139. The molecular formula is C13H15BrF3NO2. The van der Waals surface area contributed by atoms with Gasteiger partial charge in [0.15, 0.2) is 0 Å². The van der Waals surface area contributed by atoms with Crippen LogP contribution in [-0.4, -0.2) is 25.3 Å². The Balaban J connectivity index is 2.63. The number of alkyl halides is 3. The average molecular weight is 354 g/mol. The summed E-state index contributed by atoms with van der Waals surface area (Å²) >= 11 is 3.29. The smallest absolute Gasteiger partial charge is 0.390 e. The molecule has 0 heterocycles. The van der Waals surface area contributed by atoms with Crippen molar-refractivity contribution in [1.82, 2.24) is 5.32 Å². The van der Waals surface area contributed by atoms with Gasteiger partial charge in [0.2, 0.25) is 0 Å². The summed E-state index contributed by atoms with van der Waals surface area (Å²) in [6.45, 7) is 1.75. The van der Waals surface area contributed by atoms with Crippen molar-refractivity contribution in [2.24, 2.45) is 0 Å². The van der Waals surface area contributed by atoms with E-state index in [1.54, 1.807) is 18.2 Å². The van der Waals surface area contributed by atoms with Crippen LogP contribution in [0.4, 0.5) is 13.2 Å². The maximum Gasteiger partial charge on any atom is 0.390 e. The first-order valence-electron chi connectivity index (χ1n) is 5.90. The van der Waals surface area contributed by atoms with Gasteiger partial charge in [-0.1, -0.05) is 22.0 Å². The lowest BCUT2D eigenvalue weighted by Crippen LogP contribution is -2.30. The van der Waals surface area contributed by atoms with Crippen LogP contribution in [0.1, 0.15) is 29.3 Å². The normalized spacial score (nSPS) is 13.1. The highest BCUT2D eigenvalue weighted by Gasteiger charge is 2.29. The molecule has 1 aromatic carbocycles. The Morgan fingerprint density at radius 2 is 2.10 bits per heavy atom. The molecule has 1 N–H and O–H groups in total. The number of nitrogens with one attached hydrogen (secondary N) is 1. The van der Waals surface area contributed by atoms with Crippen molar-refractivity contribution in [1.29, 1.82) is 0 Å². The van der Waals surface area contributed by atoms with Crippen LogP contribution in [0.15, 0.2) is 22.7 Å². The van der Waals surface area contributed by atoms with Gasteiger partial charge in [-0.25, -0.2) is 4.79 Å². The highest BCUT2D eigenvalue weighted by molar-refractivity contribution is 9.10. The predicted octanol–water partition coefficient (Wildman–Crippen LogP) is 3.67. The lowest BCUT2D eigenvalue weighted by atomic mass is 10.1. The van der Waals surface area contributed by atoms with Crippen LogP contribution in [0.3, 0.4) is 0 Å². The number of carbonyl (C=O) groups excluding carboxylic acids is 1. The predicted molar refractivity (Wildman–Crippen MR) is 72.5 cm³/mol. The topological polar surface area (TPSA) is 38.3 Å². The molecule has 0 spiro atoms. The van der Waals surface area contributed by atoms with Crippen LogP contribution >= 0.6 is 15.9 Å². The molecule has 0 fully saturated rings. The molecule has 0 aliphatic heterocycles. The number of rotatable bonds is 5. The maximum atomic E-state index is 12.2. The summed E-state index contributed by atoms with van der Waals surface area (Å²) in [7, 11) is 1.28. The third-order valence-electron chi connectivity index (χ3n) is 2.65. The number of ether oxygens (including phenoxy) is 1. The molecule has 3 nitrogen and oxygen atoms in total. The van der Waals surface area contributed by atoms with E-state index in [2.05, 4.69) is 26.0 Å². The molecule has 0 saturated carbocycles. The van der Waals surface area contributed by atoms with E-state index in [0.29, 0.717) is 10.0 Å². The van der Waals surface area contributed by atoms with Gasteiger partial charge in [-0.15, -0.1) is 0 Å². The molecular weight excluding hydrogens is 339 g/mol. The molecule has 112 valence electrons. The zero-order valence-corrected chi connectivity index (χ0v) is 12.6. The molecule has 7 heteroatoms. The Kier molecular flexibility index (Phi) is 6.01. The monoisotopic (exact) mass is 353 g/mol. The Bertz CT molecular complexity index is 477. The molecule has 1 aromatic rings. The first-order chi connectivity index (χ1) is 9.23. The molecule has 1 unspecified atom stereocenters. The number of hydrogen-bond acceptors (Lipinski definition) is 3. The van der Waals surface area contributed by atoms with Gasteiger partial charge in [0, 0.05) is 17.1 Å². The van der Waals surface area contributed by atoms with E-state index in [1.807, 2.05) is 0 Å². The van der Waals surface area contributed by atoms with Gasteiger partial charge in [0.05, 0.1) is 19.1 Å². The molecule has 0 aliphatic carbocycles. The summed E-state index contributed by atoms with van der Waals surface area (Å²) in [6.07, 6.45) is -5.07. The Morgan fingerprint density at radius 3 is 2.60 bits per heavy atom. The number of carbonyl (C=O) groups is 1. The minimum Gasteiger partial charge on any atom is -0.465 e. The molecule has 1 rings (SSSR count). The zero-order chi connectivity index (χ0) is 15.3. The van der Waals surface area contributed by atoms with Crippen molar-refractivity contribution in [3.63, 3.8) is 0 Å². The number of esters is 1. The van der Waals surface area contributed by atoms with Gasteiger partial charge in [-0.2, -0.15) is 13.2 Å². The number of hydrogen-bond donors (Lipinski definition) is 1. The minimum absolute atomic E-state index is 0.277. The van der Waals surface area contributed by atoms with E-state index in [0.717, 1.165) is 5.56 Å². The summed E-state index contributed by atoms with van der Waals surface area (Å²) in [6, 6.07) is 4.14. The maximum absolute atomic E-state index is 12.2. The second kappa shape index (κ2) is 7.08. The fourth-order valence-electron chi connectivity index (χ4n) is 1.64. The van der Waals surface area contributed by atoms with E-state index in [1.165, 1.54) is 14.0 Å². The fraction of sp³-hybridized carbons (Fsp3) is 0.462. The van der Waals surface area contributed by atoms with E-state index >= 15 is 0 Å². The zero-order valence-electron chi connectivity index (χ0n) is 11.1. The summed E-state index contributed by atoms with van der Waals surface area (Å²) in [5, 5.41) is 2.79. The van der Waals surface area contributed by atoms with Crippen LogP contribution < -0.4 is 5.32 Å². The fourth-order valence-corrected chi connectivity index (χ4v) is 2.16. The Morgan fingerprint density at radius 1 is 1.45 bits per heavy atom. The second-order valence-electron chi connectivity index (χ2n) is 4.40. The lowest BCUT2D eigenvalue weighted by Gasteiger charge is -2.16. The first kappa shape index (κ1) is 17.0. The van der Waals surface area contributed by atoms with Gasteiger partial charge < -0.3 is 10.1 Å². The van der Waals surface area contributed by atoms with Crippen LogP contribution in [0.2, 0.25) is 0 Å². The van der Waals surface area contributed by atoms with Crippen LogP contribution in [-0.2, 0) is 11.3 Å². The van der Waals surface area contributed by atoms with Crippen molar-refractivity contribution in [3.8, 4) is 0 Å². The first-order valence-corrected chi connectivity index (χ1v) is 6.69. The molecule has 1 atom stereocenters. The van der Waals surface area contributed by atoms with Crippen LogP contribution in [0, 0.1) is 0 Å². The highest BCUT2D eigenvalue weighted by Crippen LogP contribution is 2.23. The van der Waals surface area contributed by atoms with Gasteiger partial charge >= 0.3 is 12.1 Å². The summed E-state index contributed by atoms with van der Waals surface area (Å²) in [5.74, 6) is -0.462. The van der Waals surface area contributed by atoms with Crippen molar-refractivity contribution in [3.05, 3.63) is 33.8 Å². The summed E-state index contributed by atoms with van der Waals surface area (Å²) in [5.41, 5.74) is 1.15. The Hall–Kier alpha value is -1.08. The number of benzene rings is 1. The van der Waals surface area contributed by atoms with Crippen molar-refractivity contribution in [2.75, 3.05) is 7.11 Å². The summed E-state index contributed by atoms with van der Waals surface area (Å²) < 4.78 is 41.8. The number of methoxy groups -OCH3 is 1. The highest BCUT2D eigenvalue weighted by atomic mass is 79.9. The molecule has 0 radical (unpaired) electrons. The average Bonchev–Trinajstić information content (AvgIpc) is 2.34. The molecule has 0 aliphatic rings. The van der Waals surface area contributed by atoms with Crippen molar-refractivity contribution < 1.29 is 22.7 Å². The van der Waals surface area contributed by atoms with Gasteiger partial charge in [0.25, 0.3) is 0 Å². The van der Waals surface area contributed by atoms with Gasteiger partial charge in [-0.05, 0) is 24.6 Å². The third kappa shape index (κ3) is 5.50. The largest absolute Gasteiger partial charge is 0.465 e. The van der Waals surface area contributed by atoms with Crippen molar-refractivity contribution >= 4 is 21.9 Å². The summed E-state index contributed by atoms with van der Waals surface area (Å²) in [4.78, 5) is 11.3. The third-order valence-corrected chi connectivity index (χ3v) is 3.39. The van der Waals surface area contributed by atoms with Crippen molar-refractivity contribution in [2.45, 2.75) is 32.1 Å². The van der Waals surface area contributed by atoms with E-state index < -0.39 is 24.6 Å². The molecule has 0 aromatic heterocycles. The second-order valence-corrected chi connectivity index (χ2v) is 5.25. The van der Waals surface area contributed by atoms with Gasteiger partial charge in [0.1, 0.15) is 0 Å². The number of halogens is 4. The van der Waals surface area contributed by atoms with Crippen LogP contribution in [0.25, 0.3) is 0 Å². The van der Waals surface area contributed by atoms with Gasteiger partial charge in [-0.3, -0.25) is 0 Å². The molecule has 0 bridgehead atoms. The quantitative estimate of drug-likeness (QED) is 0.820. The van der Waals surface area contributed by atoms with Crippen LogP contribution in [0.5, 0.6) is 0 Å². The standard InChI is InChI=1S/C13H15BrF3NO2/c1-8(6-13(15,16)17)18-7-10-4-3-9(5-11(10)14)12(19)20-2/h3-5,8,18H,6-7H2,1-2H3. The molecule has 0 saturated heterocycles. The van der Waals surface area contributed by atoms with E-state index in [4.69, 9.17) is 0 Å². The minimum atomic E-state index is -4.18. The molecule has 20 heavy (non-hydrogen) atoms.